The number of ether oxygens (including phenoxy) is 1. The number of carbonyl (C=O) groups is 1. The third-order valence-electron chi connectivity index (χ3n) is 5.00. The standard InChI is InChI=1S/C25H21FN2O3S/c1-3-31-24(30)22-16(2)27-25-28(20(22)14-11-17-7-5-4-6-8-17)23(29)21(32-25)15-18-9-12-19(26)13-10-18/h4-15,20H,3H2,1-2H3. The highest BCUT2D eigenvalue weighted by atomic mass is 32.1. The monoisotopic (exact) mass is 448 g/mol. The molecule has 5 nitrogen and oxygen atoms in total. The summed E-state index contributed by atoms with van der Waals surface area (Å²) in [6.45, 7) is 3.70. The van der Waals surface area contributed by atoms with Gasteiger partial charge in [0.25, 0.3) is 5.56 Å². The van der Waals surface area contributed by atoms with Gasteiger partial charge in [-0.15, -0.1) is 0 Å². The molecule has 7 heteroatoms. The number of esters is 1. The first kappa shape index (κ1) is 21.6. The Bertz CT molecular complexity index is 1380. The van der Waals surface area contributed by atoms with Crippen LogP contribution < -0.4 is 14.9 Å². The van der Waals surface area contributed by atoms with Crippen molar-refractivity contribution in [3.63, 3.8) is 0 Å². The molecular formula is C25H21FN2O3S. The zero-order valence-corrected chi connectivity index (χ0v) is 18.4. The van der Waals surface area contributed by atoms with E-state index in [1.807, 2.05) is 42.5 Å². The Kier molecular flexibility index (Phi) is 6.28. The predicted molar refractivity (Wildman–Crippen MR) is 123 cm³/mol. The lowest BCUT2D eigenvalue weighted by Gasteiger charge is -2.21. The fraction of sp³-hybridized carbons (Fsp3) is 0.160. The molecule has 0 N–H and O–H groups in total. The molecule has 1 atom stereocenters. The summed E-state index contributed by atoms with van der Waals surface area (Å²) in [6.07, 6.45) is 5.39. The summed E-state index contributed by atoms with van der Waals surface area (Å²) in [6, 6.07) is 14.9. The van der Waals surface area contributed by atoms with Crippen LogP contribution in [0.1, 0.15) is 31.0 Å². The van der Waals surface area contributed by atoms with Crippen molar-refractivity contribution in [1.29, 1.82) is 0 Å². The molecule has 32 heavy (non-hydrogen) atoms. The second-order valence-electron chi connectivity index (χ2n) is 7.17. The van der Waals surface area contributed by atoms with Gasteiger partial charge in [-0.3, -0.25) is 9.36 Å². The number of halogens is 1. The molecule has 0 saturated carbocycles. The Balaban J connectivity index is 1.87. The highest BCUT2D eigenvalue weighted by Gasteiger charge is 2.30. The van der Waals surface area contributed by atoms with Gasteiger partial charge in [-0.25, -0.2) is 14.2 Å². The number of thiazole rings is 1. The van der Waals surface area contributed by atoms with Gasteiger partial charge in [0.05, 0.1) is 28.5 Å². The molecule has 2 heterocycles. The van der Waals surface area contributed by atoms with Crippen LogP contribution in [0.2, 0.25) is 0 Å². The average Bonchev–Trinajstić information content (AvgIpc) is 3.09. The van der Waals surface area contributed by atoms with Crippen molar-refractivity contribution in [3.05, 3.63) is 109 Å². The fourth-order valence-corrected chi connectivity index (χ4v) is 4.55. The topological polar surface area (TPSA) is 60.7 Å². The molecule has 0 fully saturated rings. The maximum Gasteiger partial charge on any atom is 0.338 e. The zero-order valence-electron chi connectivity index (χ0n) is 17.6. The van der Waals surface area contributed by atoms with E-state index >= 15 is 0 Å². The van der Waals surface area contributed by atoms with E-state index in [2.05, 4.69) is 4.99 Å². The number of benzene rings is 2. The van der Waals surface area contributed by atoms with E-state index in [-0.39, 0.29) is 18.0 Å². The molecule has 4 rings (SSSR count). The van der Waals surface area contributed by atoms with Crippen LogP contribution in [0.3, 0.4) is 0 Å². The van der Waals surface area contributed by atoms with E-state index in [1.54, 1.807) is 32.1 Å². The predicted octanol–water partition coefficient (Wildman–Crippen LogP) is 3.60. The lowest BCUT2D eigenvalue weighted by Crippen LogP contribution is -2.38. The smallest absolute Gasteiger partial charge is 0.338 e. The lowest BCUT2D eigenvalue weighted by atomic mass is 10.0. The summed E-state index contributed by atoms with van der Waals surface area (Å²) in [5, 5.41) is 0. The molecule has 162 valence electrons. The largest absolute Gasteiger partial charge is 0.463 e. The highest BCUT2D eigenvalue weighted by Crippen LogP contribution is 2.26. The van der Waals surface area contributed by atoms with E-state index < -0.39 is 12.0 Å². The van der Waals surface area contributed by atoms with E-state index in [4.69, 9.17) is 4.74 Å². The Hall–Kier alpha value is -3.58. The summed E-state index contributed by atoms with van der Waals surface area (Å²) in [7, 11) is 0. The maximum atomic E-state index is 13.3. The maximum absolute atomic E-state index is 13.3. The Morgan fingerprint density at radius 3 is 2.56 bits per heavy atom. The van der Waals surface area contributed by atoms with Crippen molar-refractivity contribution in [2.75, 3.05) is 6.61 Å². The lowest BCUT2D eigenvalue weighted by molar-refractivity contribution is -0.139. The molecule has 0 radical (unpaired) electrons. The molecule has 1 aliphatic heterocycles. The quantitative estimate of drug-likeness (QED) is 0.561. The van der Waals surface area contributed by atoms with Gasteiger partial charge < -0.3 is 4.74 Å². The molecule has 2 aromatic carbocycles. The summed E-state index contributed by atoms with van der Waals surface area (Å²) in [4.78, 5) is 31.1. The van der Waals surface area contributed by atoms with Gasteiger partial charge in [-0.1, -0.05) is 66.0 Å². The summed E-state index contributed by atoms with van der Waals surface area (Å²) >= 11 is 1.23. The minimum Gasteiger partial charge on any atom is -0.463 e. The van der Waals surface area contributed by atoms with E-state index in [9.17, 15) is 14.0 Å². The molecule has 0 bridgehead atoms. The van der Waals surface area contributed by atoms with Gasteiger partial charge in [0.15, 0.2) is 4.80 Å². The number of allylic oxidation sites excluding steroid dienone is 2. The van der Waals surface area contributed by atoms with Crippen molar-refractivity contribution < 1.29 is 13.9 Å². The SMILES string of the molecule is CCOC(=O)C1=C(C)N=c2sc(=Cc3ccc(F)cc3)c(=O)n2C1C=Cc1ccccc1. The van der Waals surface area contributed by atoms with Crippen molar-refractivity contribution in [2.24, 2.45) is 4.99 Å². The van der Waals surface area contributed by atoms with Crippen molar-refractivity contribution in [3.8, 4) is 0 Å². The van der Waals surface area contributed by atoms with Crippen LogP contribution in [0.15, 0.2) is 81.7 Å². The van der Waals surface area contributed by atoms with Gasteiger partial charge in [0.1, 0.15) is 5.82 Å². The zero-order chi connectivity index (χ0) is 22.7. The number of hydrogen-bond donors (Lipinski definition) is 0. The molecule has 0 spiro atoms. The minimum atomic E-state index is -0.652. The van der Waals surface area contributed by atoms with Crippen molar-refractivity contribution >= 4 is 29.5 Å². The Morgan fingerprint density at radius 2 is 1.88 bits per heavy atom. The molecule has 0 amide bonds. The fourth-order valence-electron chi connectivity index (χ4n) is 3.49. The molecule has 0 aliphatic carbocycles. The molecule has 3 aromatic rings. The second-order valence-corrected chi connectivity index (χ2v) is 8.18. The Labute approximate surface area is 188 Å². The van der Waals surface area contributed by atoms with Crippen molar-refractivity contribution in [1.82, 2.24) is 4.57 Å². The Morgan fingerprint density at radius 1 is 1.16 bits per heavy atom. The highest BCUT2D eigenvalue weighted by molar-refractivity contribution is 7.07. The first-order valence-electron chi connectivity index (χ1n) is 10.2. The van der Waals surface area contributed by atoms with E-state index in [1.165, 1.54) is 28.0 Å². The van der Waals surface area contributed by atoms with E-state index in [0.717, 1.165) is 5.56 Å². The molecule has 1 unspecified atom stereocenters. The number of nitrogens with zero attached hydrogens (tertiary/aromatic N) is 2. The molecule has 1 aromatic heterocycles. The number of rotatable bonds is 5. The van der Waals surface area contributed by atoms with Gasteiger partial charge in [0.2, 0.25) is 0 Å². The van der Waals surface area contributed by atoms with Gasteiger partial charge in [-0.05, 0) is 43.2 Å². The van der Waals surface area contributed by atoms with E-state index in [0.29, 0.717) is 26.2 Å². The number of carbonyl (C=O) groups excluding carboxylic acids is 1. The van der Waals surface area contributed by atoms with Crippen LogP contribution >= 0.6 is 11.3 Å². The first-order chi connectivity index (χ1) is 15.5. The normalized spacial score (nSPS) is 16.2. The summed E-state index contributed by atoms with van der Waals surface area (Å²) in [5.41, 5.74) is 2.23. The van der Waals surface area contributed by atoms with Crippen LogP contribution in [0.4, 0.5) is 4.39 Å². The number of aromatic nitrogens is 1. The second kappa shape index (κ2) is 9.28. The molecular weight excluding hydrogens is 427 g/mol. The van der Waals surface area contributed by atoms with Crippen LogP contribution in [-0.2, 0) is 9.53 Å². The summed E-state index contributed by atoms with van der Waals surface area (Å²) < 4.78 is 20.5. The van der Waals surface area contributed by atoms with Gasteiger partial charge in [-0.2, -0.15) is 0 Å². The number of hydrogen-bond acceptors (Lipinski definition) is 5. The summed E-state index contributed by atoms with van der Waals surface area (Å²) in [5.74, 6) is -0.839. The van der Waals surface area contributed by atoms with Gasteiger partial charge in [0, 0.05) is 0 Å². The number of fused-ring (bicyclic) bond motifs is 1. The minimum absolute atomic E-state index is 0.222. The van der Waals surface area contributed by atoms with Crippen LogP contribution in [0.5, 0.6) is 0 Å². The molecule has 1 aliphatic rings. The molecule has 0 saturated heterocycles. The average molecular weight is 449 g/mol. The third-order valence-corrected chi connectivity index (χ3v) is 5.98. The first-order valence-corrected chi connectivity index (χ1v) is 11.0. The van der Waals surface area contributed by atoms with Crippen LogP contribution in [0, 0.1) is 5.82 Å². The van der Waals surface area contributed by atoms with Gasteiger partial charge >= 0.3 is 5.97 Å². The third kappa shape index (κ3) is 4.38. The van der Waals surface area contributed by atoms with Crippen LogP contribution in [0.25, 0.3) is 12.2 Å². The van der Waals surface area contributed by atoms with Crippen LogP contribution in [-0.4, -0.2) is 17.1 Å². The van der Waals surface area contributed by atoms with Crippen molar-refractivity contribution in [2.45, 2.75) is 19.9 Å².